The third-order valence-corrected chi connectivity index (χ3v) is 4.66. The molecule has 6 heavy (non-hydrogen) atoms. The molecule has 0 saturated carbocycles. The van der Waals surface area contributed by atoms with Gasteiger partial charge in [-0.1, -0.05) is 12.1 Å². The molecular weight excluding hydrogens is 151 g/mol. The largest absolute Gasteiger partial charge is 0.176 e. The van der Waals surface area contributed by atoms with Crippen molar-refractivity contribution in [2.45, 2.75) is 12.1 Å². The predicted molar refractivity (Wildman–Crippen MR) is 38.4 cm³/mol. The van der Waals surface area contributed by atoms with E-state index in [2.05, 4.69) is 0 Å². The van der Waals surface area contributed by atoms with Crippen molar-refractivity contribution in [1.82, 2.24) is 0 Å². The van der Waals surface area contributed by atoms with Crippen LogP contribution in [0.1, 0.15) is 0 Å². The van der Waals surface area contributed by atoms with E-state index in [1.807, 2.05) is 0 Å². The summed E-state index contributed by atoms with van der Waals surface area (Å²) < 4.78 is 0. The molecule has 0 amide bonds. The first kappa shape index (κ1) is 7.01. The minimum absolute atomic E-state index is 0.175. The van der Waals surface area contributed by atoms with Crippen molar-refractivity contribution in [3.63, 3.8) is 0 Å². The monoisotopic (exact) mass is 158 g/mol. The molecule has 0 aliphatic heterocycles. The maximum absolute atomic E-state index is 5.48. The molecule has 0 saturated heterocycles. The lowest BCUT2D eigenvalue weighted by atomic mass is 11.0. The normalized spacial score (nSPS) is 13.0. The number of halogens is 2. The van der Waals surface area contributed by atoms with E-state index in [1.54, 1.807) is 0 Å². The van der Waals surface area contributed by atoms with Gasteiger partial charge in [0, 0.05) is 0 Å². The van der Waals surface area contributed by atoms with E-state index in [4.69, 9.17) is 22.2 Å². The quantitative estimate of drug-likeness (QED) is 0.319. The van der Waals surface area contributed by atoms with Crippen LogP contribution in [0.15, 0.2) is 0 Å². The predicted octanol–water partition coefficient (Wildman–Crippen LogP) is 0.468. The summed E-state index contributed by atoms with van der Waals surface area (Å²) in [4.78, 5) is 0. The Morgan fingerprint density at radius 1 is 1.00 bits per heavy atom. The van der Waals surface area contributed by atoms with Crippen LogP contribution in [-0.2, 0) is 0 Å². The van der Waals surface area contributed by atoms with Gasteiger partial charge in [0.15, 0.2) is 0 Å². The van der Waals surface area contributed by atoms with Gasteiger partial charge in [-0.25, -0.2) is 0 Å². The average Bonchev–Trinajstić information content (AvgIpc) is 1.61. The summed E-state index contributed by atoms with van der Waals surface area (Å²) in [5.41, 5.74) is 0. The fourth-order valence-corrected chi connectivity index (χ4v) is 5.10. The molecule has 0 aromatic rings. The Morgan fingerprint density at radius 3 is 1.50 bits per heavy atom. The van der Waals surface area contributed by atoms with E-state index >= 15 is 0 Å². The lowest BCUT2D eigenvalue weighted by Crippen LogP contribution is -1.78. The number of hydrogen-bond donors (Lipinski definition) is 0. The molecule has 0 unspecified atom stereocenters. The summed E-state index contributed by atoms with van der Waals surface area (Å²) >= 11 is 11.0. The Hall–Kier alpha value is 1.01. The lowest BCUT2D eigenvalue weighted by Gasteiger charge is -1.81. The summed E-state index contributed by atoms with van der Waals surface area (Å²) in [6.45, 7) is 0. The van der Waals surface area contributed by atoms with Gasteiger partial charge in [0.05, 0.1) is 0 Å². The van der Waals surface area contributed by atoms with Gasteiger partial charge in [-0.05, 0) is 0 Å². The summed E-state index contributed by atoms with van der Waals surface area (Å²) in [5, 5.41) is 0. The van der Waals surface area contributed by atoms with Crippen LogP contribution >= 0.6 is 22.2 Å². The molecule has 38 valence electrons. The van der Waals surface area contributed by atoms with Crippen LogP contribution in [0, 0.1) is 0 Å². The number of rotatable bonds is 3. The topological polar surface area (TPSA) is 0 Å². The molecule has 0 fully saturated rings. The van der Waals surface area contributed by atoms with Crippen molar-refractivity contribution < 1.29 is 0 Å². The Bertz CT molecular complexity index is 21.5. The third kappa shape index (κ3) is 5.01. The third-order valence-electron chi connectivity index (χ3n) is 0.517. The van der Waals surface area contributed by atoms with Gasteiger partial charge in [-0.3, -0.25) is 0 Å². The molecule has 0 rings (SSSR count). The molecule has 0 aliphatic carbocycles. The molecule has 0 aliphatic rings. The van der Waals surface area contributed by atoms with Gasteiger partial charge in [0.25, 0.3) is 0 Å². The van der Waals surface area contributed by atoms with E-state index in [1.165, 1.54) is 12.1 Å². The minimum Gasteiger partial charge on any atom is -0.176 e. The molecule has 0 aromatic carbocycles. The highest BCUT2D eigenvalue weighted by Gasteiger charge is 1.80. The Morgan fingerprint density at radius 2 is 1.33 bits per heavy atom. The fraction of sp³-hybridized carbons (Fsp3) is 1.00. The SMILES string of the molecule is Cl[SiH2]CC[SiH2]Cl. The van der Waals surface area contributed by atoms with Crippen LogP contribution in [0.5, 0.6) is 0 Å². The highest BCUT2D eigenvalue weighted by molar-refractivity contribution is 6.96. The maximum atomic E-state index is 5.48. The zero-order valence-corrected chi connectivity index (χ0v) is 7.92. The zero-order chi connectivity index (χ0) is 4.83. The maximum Gasteiger partial charge on any atom is 0.125 e. The Balaban J connectivity index is 2.34. The van der Waals surface area contributed by atoms with Crippen molar-refractivity contribution in [2.75, 3.05) is 0 Å². The second kappa shape index (κ2) is 6.01. The van der Waals surface area contributed by atoms with E-state index < -0.39 is 0 Å². The van der Waals surface area contributed by atoms with Gasteiger partial charge in [0.2, 0.25) is 0 Å². The molecular formula is C2H8Cl2Si2. The van der Waals surface area contributed by atoms with E-state index in [-0.39, 0.29) is 17.7 Å². The second-order valence-corrected chi connectivity index (χ2v) is 5.52. The first-order valence-corrected chi connectivity index (χ1v) is 8.31. The van der Waals surface area contributed by atoms with Crippen molar-refractivity contribution in [1.29, 1.82) is 0 Å². The van der Waals surface area contributed by atoms with Crippen LogP contribution in [0.2, 0.25) is 12.1 Å². The summed E-state index contributed by atoms with van der Waals surface area (Å²) in [5.74, 6) is 0. The van der Waals surface area contributed by atoms with Gasteiger partial charge >= 0.3 is 0 Å². The van der Waals surface area contributed by atoms with Gasteiger partial charge in [-0.2, -0.15) is 22.2 Å². The molecule has 0 heterocycles. The van der Waals surface area contributed by atoms with Crippen LogP contribution in [0.3, 0.4) is 0 Å². The molecule has 4 heteroatoms. The Kier molecular flexibility index (Phi) is 7.03. The second-order valence-electron chi connectivity index (χ2n) is 1.09. The molecule has 0 aromatic heterocycles. The van der Waals surface area contributed by atoms with Crippen LogP contribution in [0.4, 0.5) is 0 Å². The van der Waals surface area contributed by atoms with Crippen molar-refractivity contribution in [3.8, 4) is 0 Å². The van der Waals surface area contributed by atoms with E-state index in [9.17, 15) is 0 Å². The highest BCUT2D eigenvalue weighted by atomic mass is 35.6. The van der Waals surface area contributed by atoms with Gasteiger partial charge in [-0.15, -0.1) is 0 Å². The minimum atomic E-state index is -0.175. The lowest BCUT2D eigenvalue weighted by molar-refractivity contribution is 1.45. The van der Waals surface area contributed by atoms with Crippen molar-refractivity contribution >= 4 is 39.8 Å². The average molecular weight is 159 g/mol. The van der Waals surface area contributed by atoms with Crippen LogP contribution in [-0.4, -0.2) is 17.7 Å². The van der Waals surface area contributed by atoms with Gasteiger partial charge < -0.3 is 0 Å². The highest BCUT2D eigenvalue weighted by Crippen LogP contribution is 1.90. The van der Waals surface area contributed by atoms with Crippen molar-refractivity contribution in [2.24, 2.45) is 0 Å². The number of hydrogen-bond acceptors (Lipinski definition) is 0. The Labute approximate surface area is 52.3 Å². The molecule has 0 nitrogen and oxygen atoms in total. The summed E-state index contributed by atoms with van der Waals surface area (Å²) in [6, 6.07) is 2.49. The van der Waals surface area contributed by atoms with E-state index in [0.717, 1.165) is 0 Å². The van der Waals surface area contributed by atoms with E-state index in [0.29, 0.717) is 0 Å². The zero-order valence-electron chi connectivity index (χ0n) is 3.58. The van der Waals surface area contributed by atoms with Crippen LogP contribution in [0.25, 0.3) is 0 Å². The molecule has 0 radical (unpaired) electrons. The first-order valence-electron chi connectivity index (χ1n) is 2.03. The standard InChI is InChI=1S/C2H8Cl2Si2/c3-5-1-2-6-4/h1-2,5-6H2. The molecule has 0 N–H and O–H groups in total. The van der Waals surface area contributed by atoms with Crippen LogP contribution < -0.4 is 0 Å². The smallest absolute Gasteiger partial charge is 0.125 e. The van der Waals surface area contributed by atoms with Gasteiger partial charge in [0.1, 0.15) is 17.7 Å². The first-order chi connectivity index (χ1) is 2.91. The molecule has 0 bridgehead atoms. The summed E-state index contributed by atoms with van der Waals surface area (Å²) in [6.07, 6.45) is 0. The summed E-state index contributed by atoms with van der Waals surface area (Å²) in [7, 11) is -0.349. The molecule has 0 spiro atoms. The molecule has 0 atom stereocenters. The fourth-order valence-electron chi connectivity index (χ4n) is 0.189. The van der Waals surface area contributed by atoms with Crippen molar-refractivity contribution in [3.05, 3.63) is 0 Å².